The lowest BCUT2D eigenvalue weighted by Crippen LogP contribution is -2.12. The van der Waals surface area contributed by atoms with E-state index in [1.54, 1.807) is 0 Å². The van der Waals surface area contributed by atoms with Crippen LogP contribution in [0.15, 0.2) is 150 Å². The van der Waals surface area contributed by atoms with Gasteiger partial charge in [0, 0.05) is 23.5 Å². The van der Waals surface area contributed by atoms with Gasteiger partial charge in [-0.3, -0.25) is 0 Å². The molecule has 39 heavy (non-hydrogen) atoms. The lowest BCUT2D eigenvalue weighted by Gasteiger charge is -2.22. The minimum absolute atomic E-state index is 0.463. The third kappa shape index (κ3) is 5.78. The molecule has 1 heteroatoms. The predicted octanol–water partition coefficient (Wildman–Crippen LogP) is 10.5. The molecular weight excluding hydrogens is 470 g/mol. The van der Waals surface area contributed by atoms with Crippen molar-refractivity contribution in [2.24, 2.45) is 5.92 Å². The minimum Gasteiger partial charge on any atom is -0.318 e. The van der Waals surface area contributed by atoms with Crippen molar-refractivity contribution in [3.8, 4) is 0 Å². The monoisotopic (exact) mass is 513 g/mol. The van der Waals surface area contributed by atoms with Crippen molar-refractivity contribution >= 4 is 5.69 Å². The van der Waals surface area contributed by atoms with Crippen molar-refractivity contribution in [3.05, 3.63) is 161 Å². The Morgan fingerprint density at radius 1 is 1.10 bits per heavy atom. The van der Waals surface area contributed by atoms with Crippen molar-refractivity contribution < 1.29 is 0 Å². The summed E-state index contributed by atoms with van der Waals surface area (Å²) in [5, 5.41) is 0. The van der Waals surface area contributed by atoms with Gasteiger partial charge in [-0.1, -0.05) is 93.0 Å². The van der Waals surface area contributed by atoms with Crippen molar-refractivity contribution in [2.75, 3.05) is 4.90 Å². The molecule has 2 unspecified atom stereocenters. The fourth-order valence-electron chi connectivity index (χ4n) is 5.99. The van der Waals surface area contributed by atoms with Gasteiger partial charge < -0.3 is 4.90 Å². The Morgan fingerprint density at radius 3 is 2.54 bits per heavy atom. The molecule has 1 aromatic rings. The van der Waals surface area contributed by atoms with Crippen molar-refractivity contribution in [1.82, 2.24) is 0 Å². The van der Waals surface area contributed by atoms with Crippen LogP contribution >= 0.6 is 0 Å². The molecule has 0 saturated heterocycles. The first kappa shape index (κ1) is 28.2. The SMILES string of the molecule is C=CN(C(=C)/C=C\C)c1ccc2c(c1)CC1=CC(C(=C)/C=C3/CC(C)C(=C\C=C(/C)C(=C)C)/C3=C/C)=CCC12. The van der Waals surface area contributed by atoms with E-state index >= 15 is 0 Å². The fourth-order valence-corrected chi connectivity index (χ4v) is 5.99. The molecule has 200 valence electrons. The van der Waals surface area contributed by atoms with Gasteiger partial charge in [0.05, 0.1) is 0 Å². The molecule has 0 amide bonds. The topological polar surface area (TPSA) is 3.24 Å². The first-order valence-electron chi connectivity index (χ1n) is 14.1. The molecule has 1 aromatic carbocycles. The summed E-state index contributed by atoms with van der Waals surface area (Å²) in [6, 6.07) is 6.79. The van der Waals surface area contributed by atoms with Crippen molar-refractivity contribution in [2.45, 2.75) is 59.8 Å². The van der Waals surface area contributed by atoms with Crippen molar-refractivity contribution in [3.63, 3.8) is 0 Å². The normalized spacial score (nSPS) is 23.6. The number of allylic oxidation sites excluding steroid dienone is 16. The van der Waals surface area contributed by atoms with Crippen LogP contribution in [0.3, 0.4) is 0 Å². The quantitative estimate of drug-likeness (QED) is 0.312. The molecule has 0 N–H and O–H groups in total. The Balaban J connectivity index is 1.55. The second-order valence-corrected chi connectivity index (χ2v) is 11.0. The van der Waals surface area contributed by atoms with Gasteiger partial charge in [0.1, 0.15) is 0 Å². The summed E-state index contributed by atoms with van der Waals surface area (Å²) in [7, 11) is 0. The summed E-state index contributed by atoms with van der Waals surface area (Å²) in [5.74, 6) is 0.953. The highest BCUT2D eigenvalue weighted by molar-refractivity contribution is 5.65. The van der Waals surface area contributed by atoms with E-state index in [4.69, 9.17) is 0 Å². The second kappa shape index (κ2) is 11.9. The largest absolute Gasteiger partial charge is 0.318 e. The zero-order valence-electron chi connectivity index (χ0n) is 24.5. The summed E-state index contributed by atoms with van der Waals surface area (Å²) in [5.41, 5.74) is 15.2. The van der Waals surface area contributed by atoms with Crippen LogP contribution in [0.2, 0.25) is 0 Å². The molecule has 1 saturated carbocycles. The molecule has 1 nitrogen and oxygen atoms in total. The minimum atomic E-state index is 0.463. The average Bonchev–Trinajstić information content (AvgIpc) is 3.42. The molecule has 4 rings (SSSR count). The smallest absolute Gasteiger partial charge is 0.0458 e. The number of benzene rings is 1. The molecular formula is C38H43N. The average molecular weight is 514 g/mol. The van der Waals surface area contributed by atoms with Gasteiger partial charge in [-0.25, -0.2) is 0 Å². The summed E-state index contributed by atoms with van der Waals surface area (Å²) in [4.78, 5) is 2.05. The number of hydrogen-bond acceptors (Lipinski definition) is 1. The highest BCUT2D eigenvalue weighted by atomic mass is 15.1. The van der Waals surface area contributed by atoms with Crippen molar-refractivity contribution in [1.29, 1.82) is 0 Å². The van der Waals surface area contributed by atoms with Crippen LogP contribution in [0.5, 0.6) is 0 Å². The van der Waals surface area contributed by atoms with Crippen LogP contribution in [0, 0.1) is 5.92 Å². The highest BCUT2D eigenvalue weighted by Crippen LogP contribution is 2.46. The Morgan fingerprint density at radius 2 is 1.87 bits per heavy atom. The molecule has 1 fully saturated rings. The number of rotatable bonds is 8. The molecule has 0 heterocycles. The van der Waals surface area contributed by atoms with Crippen LogP contribution in [0.4, 0.5) is 5.69 Å². The maximum Gasteiger partial charge on any atom is 0.0458 e. The van der Waals surface area contributed by atoms with E-state index in [9.17, 15) is 0 Å². The Labute approximate surface area is 236 Å². The molecule has 3 aliphatic rings. The number of anilines is 1. The third-order valence-corrected chi connectivity index (χ3v) is 8.30. The number of fused-ring (bicyclic) bond motifs is 3. The molecule has 0 aliphatic heterocycles. The lowest BCUT2D eigenvalue weighted by molar-refractivity contribution is 0.741. The van der Waals surface area contributed by atoms with Crippen LogP contribution in [-0.4, -0.2) is 0 Å². The number of nitrogens with zero attached hydrogens (tertiary/aromatic N) is 1. The summed E-state index contributed by atoms with van der Waals surface area (Å²) < 4.78 is 0. The van der Waals surface area contributed by atoms with Gasteiger partial charge in [0.2, 0.25) is 0 Å². The van der Waals surface area contributed by atoms with E-state index in [0.29, 0.717) is 11.8 Å². The zero-order valence-corrected chi connectivity index (χ0v) is 24.5. The van der Waals surface area contributed by atoms with Crippen LogP contribution in [-0.2, 0) is 6.42 Å². The molecule has 0 bridgehead atoms. The van der Waals surface area contributed by atoms with E-state index in [1.807, 2.05) is 30.2 Å². The predicted molar refractivity (Wildman–Crippen MR) is 172 cm³/mol. The van der Waals surface area contributed by atoms with Crippen LogP contribution in [0.25, 0.3) is 0 Å². The molecule has 0 radical (unpaired) electrons. The van der Waals surface area contributed by atoms with E-state index in [0.717, 1.165) is 41.8 Å². The third-order valence-electron chi connectivity index (χ3n) is 8.30. The molecule has 0 spiro atoms. The second-order valence-electron chi connectivity index (χ2n) is 11.0. The maximum absolute atomic E-state index is 4.51. The first-order valence-corrected chi connectivity index (χ1v) is 14.1. The zero-order chi connectivity index (χ0) is 28.3. The summed E-state index contributed by atoms with van der Waals surface area (Å²) in [6.07, 6.45) is 22.7. The number of hydrogen-bond donors (Lipinski definition) is 0. The fraction of sp³-hybridized carbons (Fsp3) is 0.263. The lowest BCUT2D eigenvalue weighted by atomic mass is 9.86. The van der Waals surface area contributed by atoms with Gasteiger partial charge in [0.25, 0.3) is 0 Å². The first-order chi connectivity index (χ1) is 18.7. The van der Waals surface area contributed by atoms with Gasteiger partial charge >= 0.3 is 0 Å². The van der Waals surface area contributed by atoms with Gasteiger partial charge in [-0.2, -0.15) is 0 Å². The standard InChI is InChI=1S/C38H43N/c1-10-13-29(9)39(12-3)34-16-19-38-33(24-34)23-32-22-30(15-18-37(32)38)27(7)20-31-21-28(8)36(35(31)11-2)17-14-26(6)25(4)5/h10-17,19-20,22,24,28,37H,3-4,7,9,18,21,23H2,1-2,5-6,8H3/b13-10-,26-14+,31-20-,35-11+,36-17+. The van der Waals surface area contributed by atoms with E-state index < -0.39 is 0 Å². The Bertz CT molecular complexity index is 1440. The Kier molecular flexibility index (Phi) is 8.60. The highest BCUT2D eigenvalue weighted by Gasteiger charge is 2.30. The van der Waals surface area contributed by atoms with Gasteiger partial charge in [-0.15, -0.1) is 0 Å². The maximum atomic E-state index is 4.51. The van der Waals surface area contributed by atoms with Crippen LogP contribution in [0.1, 0.15) is 64.5 Å². The van der Waals surface area contributed by atoms with E-state index in [2.05, 4.69) is 109 Å². The summed E-state index contributed by atoms with van der Waals surface area (Å²) in [6.45, 7) is 27.4. The Hall–Kier alpha value is -3.84. The van der Waals surface area contributed by atoms with E-state index in [1.165, 1.54) is 44.6 Å². The molecule has 0 aromatic heterocycles. The van der Waals surface area contributed by atoms with E-state index in [-0.39, 0.29) is 0 Å². The van der Waals surface area contributed by atoms with Gasteiger partial charge in [-0.05, 0) is 116 Å². The molecule has 3 aliphatic carbocycles. The van der Waals surface area contributed by atoms with Crippen LogP contribution < -0.4 is 4.90 Å². The summed E-state index contributed by atoms with van der Waals surface area (Å²) >= 11 is 0. The molecule has 2 atom stereocenters. The van der Waals surface area contributed by atoms with Gasteiger partial charge in [0.15, 0.2) is 0 Å².